The fourth-order valence-corrected chi connectivity index (χ4v) is 8.13. The van der Waals surface area contributed by atoms with Gasteiger partial charge in [-0.1, -0.05) is 25.0 Å². The summed E-state index contributed by atoms with van der Waals surface area (Å²) < 4.78 is 6.71. The largest absolute Gasteiger partial charge is 0.479 e. The van der Waals surface area contributed by atoms with E-state index in [1.807, 2.05) is 12.2 Å². The van der Waals surface area contributed by atoms with Crippen molar-refractivity contribution in [1.82, 2.24) is 45.2 Å². The second kappa shape index (κ2) is 16.0. The molecule has 0 bridgehead atoms. The molecule has 280 valence electrons. The zero-order valence-corrected chi connectivity index (χ0v) is 31.1. The Bertz CT molecular complexity index is 1930. The third-order valence-corrected chi connectivity index (χ3v) is 11.1. The first-order chi connectivity index (χ1) is 25.3. The molecule has 2 aliphatic heterocycles. The number of nitrogens with zero attached hydrogens (tertiary/aromatic N) is 7. The number of rotatable bonds is 7. The Morgan fingerprint density at radius 2 is 1.68 bits per heavy atom. The molecule has 3 amide bonds. The summed E-state index contributed by atoms with van der Waals surface area (Å²) in [7, 11) is 0. The second-order valence-corrected chi connectivity index (χ2v) is 16.1. The quantitative estimate of drug-likeness (QED) is 0.232. The molecule has 0 unspecified atom stereocenters. The Morgan fingerprint density at radius 3 is 2.34 bits per heavy atom. The Hall–Kier alpha value is -4.84. The first-order valence-electron chi connectivity index (χ1n) is 17.4. The minimum atomic E-state index is -1.51. The SMILES string of the molecule is CC(C)(C)OC(=O)N[C@H]1CCCCCC=C[C@@H]2C[C@@]2(C(=O)O)NC(=O)[C@@H]2C[C@@H](n3ncc(Sc4ncccn4)c(Sc4ncccn4)c3=O)CN2C1=O. The Morgan fingerprint density at radius 1 is 1.00 bits per heavy atom. The van der Waals surface area contributed by atoms with Gasteiger partial charge < -0.3 is 25.4 Å². The molecule has 5 heterocycles. The van der Waals surface area contributed by atoms with Crippen LogP contribution in [0.15, 0.2) is 80.2 Å². The van der Waals surface area contributed by atoms with Gasteiger partial charge >= 0.3 is 12.1 Å². The van der Waals surface area contributed by atoms with Gasteiger partial charge in [0.1, 0.15) is 23.2 Å². The van der Waals surface area contributed by atoms with Gasteiger partial charge in [-0.05, 0) is 82.1 Å². The van der Waals surface area contributed by atoms with Crippen molar-refractivity contribution in [2.75, 3.05) is 6.54 Å². The number of aromatic nitrogens is 6. The summed E-state index contributed by atoms with van der Waals surface area (Å²) in [6, 6.07) is 0.327. The molecule has 0 spiro atoms. The van der Waals surface area contributed by atoms with Gasteiger partial charge in [0.2, 0.25) is 11.8 Å². The Balaban J connectivity index is 1.36. The number of carbonyl (C=O) groups is 4. The number of fused-ring (bicyclic) bond motifs is 2. The van der Waals surface area contributed by atoms with E-state index >= 15 is 0 Å². The van der Waals surface area contributed by atoms with E-state index in [0.717, 1.165) is 36.4 Å². The number of hydrogen-bond acceptors (Lipinski definition) is 13. The highest BCUT2D eigenvalue weighted by atomic mass is 32.2. The molecule has 3 aromatic heterocycles. The highest BCUT2D eigenvalue weighted by Crippen LogP contribution is 2.45. The minimum Gasteiger partial charge on any atom is -0.479 e. The molecule has 6 rings (SSSR count). The predicted molar refractivity (Wildman–Crippen MR) is 192 cm³/mol. The third-order valence-electron chi connectivity index (χ3n) is 9.08. The second-order valence-electron chi connectivity index (χ2n) is 14.1. The number of nitrogens with one attached hydrogen (secondary N) is 2. The van der Waals surface area contributed by atoms with Crippen LogP contribution >= 0.6 is 23.5 Å². The zero-order valence-electron chi connectivity index (χ0n) is 29.5. The van der Waals surface area contributed by atoms with Crippen LogP contribution in [0.25, 0.3) is 0 Å². The van der Waals surface area contributed by atoms with E-state index in [9.17, 15) is 29.1 Å². The molecular formula is C35H41N9O7S2. The Kier molecular flexibility index (Phi) is 11.5. The normalized spacial score (nSPS) is 24.9. The van der Waals surface area contributed by atoms with Crippen LogP contribution in [0.1, 0.15) is 71.8 Å². The zero-order chi connectivity index (χ0) is 37.8. The molecule has 1 aliphatic carbocycles. The lowest BCUT2D eigenvalue weighted by atomic mass is 10.0. The standard InChI is InChI=1S/C35H41N9O7S2/c1-34(2,3)51-33(50)41-23-12-8-6-4-5-7-11-21-18-35(21,30(48)49)42-27(45)24-17-22(20-43(24)28(23)46)44-29(47)26(53-32-38-15-10-16-39-32)25(19-40-44)52-31-36-13-9-14-37-31/h7,9-11,13-16,19,21-24H,4-6,8,12,17-18,20H2,1-3H3,(H,41,50)(H,42,45)(H,48,49)/t21-,22-,23+,24+,35-/m1/s1. The van der Waals surface area contributed by atoms with Crippen molar-refractivity contribution >= 4 is 47.4 Å². The molecule has 16 nitrogen and oxygen atoms in total. The van der Waals surface area contributed by atoms with Crippen LogP contribution in [0.2, 0.25) is 0 Å². The molecule has 1 saturated heterocycles. The summed E-state index contributed by atoms with van der Waals surface area (Å²) in [6.07, 6.45) is 14.1. The van der Waals surface area contributed by atoms with Crippen LogP contribution in [0.4, 0.5) is 4.79 Å². The fourth-order valence-electron chi connectivity index (χ4n) is 6.43. The van der Waals surface area contributed by atoms with E-state index in [-0.39, 0.29) is 30.7 Å². The number of ether oxygens (including phenoxy) is 1. The highest BCUT2D eigenvalue weighted by molar-refractivity contribution is 8.02. The van der Waals surface area contributed by atoms with E-state index < -0.39 is 64.6 Å². The van der Waals surface area contributed by atoms with E-state index in [2.05, 4.69) is 35.7 Å². The van der Waals surface area contributed by atoms with Crippen molar-refractivity contribution in [3.8, 4) is 0 Å². The topological polar surface area (TPSA) is 211 Å². The van der Waals surface area contributed by atoms with E-state index in [4.69, 9.17) is 4.74 Å². The first-order valence-corrected chi connectivity index (χ1v) is 19.0. The predicted octanol–water partition coefficient (Wildman–Crippen LogP) is 3.64. The maximum Gasteiger partial charge on any atom is 0.408 e. The lowest BCUT2D eigenvalue weighted by Crippen LogP contribution is -2.56. The number of aliphatic carboxylic acids is 1. The van der Waals surface area contributed by atoms with E-state index in [1.165, 1.54) is 15.8 Å². The summed E-state index contributed by atoms with van der Waals surface area (Å²) in [5, 5.41) is 20.9. The van der Waals surface area contributed by atoms with Crippen molar-refractivity contribution in [2.45, 2.75) is 115 Å². The minimum absolute atomic E-state index is 0.0416. The number of carboxylic acid groups (broad SMARTS) is 1. The monoisotopic (exact) mass is 763 g/mol. The van der Waals surface area contributed by atoms with Crippen LogP contribution < -0.4 is 16.2 Å². The van der Waals surface area contributed by atoms with Crippen molar-refractivity contribution in [3.63, 3.8) is 0 Å². The summed E-state index contributed by atoms with van der Waals surface area (Å²) in [4.78, 5) is 87.4. The molecule has 3 aliphatic rings. The van der Waals surface area contributed by atoms with E-state index in [0.29, 0.717) is 28.0 Å². The smallest absolute Gasteiger partial charge is 0.408 e. The molecule has 53 heavy (non-hydrogen) atoms. The molecule has 0 aromatic carbocycles. The lowest BCUT2D eigenvalue weighted by Gasteiger charge is -2.30. The van der Waals surface area contributed by atoms with Crippen LogP contribution in [-0.4, -0.2) is 93.4 Å². The van der Waals surface area contributed by atoms with Gasteiger partial charge in [0.05, 0.1) is 22.0 Å². The fraction of sp³-hybridized carbons (Fsp3) is 0.486. The van der Waals surface area contributed by atoms with Crippen LogP contribution in [-0.2, 0) is 19.1 Å². The van der Waals surface area contributed by atoms with Gasteiger partial charge in [0.25, 0.3) is 5.56 Å². The molecule has 3 aromatic rings. The number of hydrogen-bond donors (Lipinski definition) is 3. The number of allylic oxidation sites excluding steroid dienone is 1. The molecule has 2 fully saturated rings. The van der Waals surface area contributed by atoms with Crippen LogP contribution in [0, 0.1) is 5.92 Å². The average Bonchev–Trinajstić information content (AvgIpc) is 3.63. The van der Waals surface area contributed by atoms with Crippen molar-refractivity contribution in [2.24, 2.45) is 5.92 Å². The number of carboxylic acids is 1. The Labute approximate surface area is 314 Å². The van der Waals surface area contributed by atoms with Crippen molar-refractivity contribution < 1.29 is 29.0 Å². The maximum absolute atomic E-state index is 14.4. The molecular weight excluding hydrogens is 723 g/mol. The van der Waals surface area contributed by atoms with Gasteiger partial charge in [0.15, 0.2) is 10.3 Å². The summed E-state index contributed by atoms with van der Waals surface area (Å²) in [5.41, 5.74) is -2.85. The molecule has 5 atom stereocenters. The summed E-state index contributed by atoms with van der Waals surface area (Å²) in [5.74, 6) is -2.78. The summed E-state index contributed by atoms with van der Waals surface area (Å²) in [6.45, 7) is 5.03. The lowest BCUT2D eigenvalue weighted by molar-refractivity contribution is -0.145. The highest BCUT2D eigenvalue weighted by Gasteiger charge is 2.61. The third kappa shape index (κ3) is 9.04. The maximum atomic E-state index is 14.4. The van der Waals surface area contributed by atoms with Crippen molar-refractivity contribution in [1.29, 1.82) is 0 Å². The molecule has 18 heteroatoms. The van der Waals surface area contributed by atoms with Crippen molar-refractivity contribution in [3.05, 3.63) is 65.6 Å². The van der Waals surface area contributed by atoms with Gasteiger partial charge in [-0.15, -0.1) is 0 Å². The average molecular weight is 764 g/mol. The number of alkyl carbamates (subject to hydrolysis) is 1. The van der Waals surface area contributed by atoms with Gasteiger partial charge in [-0.3, -0.25) is 14.4 Å². The summed E-state index contributed by atoms with van der Waals surface area (Å²) >= 11 is 2.18. The molecule has 3 N–H and O–H groups in total. The molecule has 1 saturated carbocycles. The first kappa shape index (κ1) is 37.9. The van der Waals surface area contributed by atoms with E-state index in [1.54, 1.807) is 57.7 Å². The molecule has 0 radical (unpaired) electrons. The van der Waals surface area contributed by atoms with Crippen LogP contribution in [0.5, 0.6) is 0 Å². The van der Waals surface area contributed by atoms with Gasteiger partial charge in [-0.2, -0.15) is 5.10 Å². The van der Waals surface area contributed by atoms with Crippen LogP contribution in [0.3, 0.4) is 0 Å². The van der Waals surface area contributed by atoms with Gasteiger partial charge in [0, 0.05) is 43.7 Å². The van der Waals surface area contributed by atoms with Gasteiger partial charge in [-0.25, -0.2) is 34.2 Å². The number of amides is 3. The number of carbonyl (C=O) groups excluding carboxylic acids is 3.